The van der Waals surface area contributed by atoms with Gasteiger partial charge in [-0.1, -0.05) is 28.1 Å². The number of halogens is 1. The third-order valence-electron chi connectivity index (χ3n) is 1.82. The highest BCUT2D eigenvalue weighted by atomic mass is 79.9. The van der Waals surface area contributed by atoms with E-state index >= 15 is 0 Å². The molecule has 0 aromatic heterocycles. The molecule has 1 atom stereocenters. The number of nitrogens with one attached hydrogen (secondary N) is 1. The first-order chi connectivity index (χ1) is 6.25. The quantitative estimate of drug-likeness (QED) is 0.837. The topological polar surface area (TPSA) is 29.1 Å². The van der Waals surface area contributed by atoms with Crippen molar-refractivity contribution in [1.29, 1.82) is 0 Å². The maximum atomic E-state index is 11.0. The van der Waals surface area contributed by atoms with E-state index in [0.717, 1.165) is 10.0 Å². The molecule has 1 heterocycles. The molecule has 4 heteroatoms. The second kappa shape index (κ2) is 3.72. The maximum Gasteiger partial charge on any atom is 0.231 e. The van der Waals surface area contributed by atoms with Gasteiger partial charge in [0.2, 0.25) is 5.91 Å². The van der Waals surface area contributed by atoms with E-state index in [9.17, 15) is 4.79 Å². The molecule has 2 nitrogen and oxygen atoms in total. The Morgan fingerprint density at radius 2 is 2.38 bits per heavy atom. The fourth-order valence-electron chi connectivity index (χ4n) is 1.24. The lowest BCUT2D eigenvalue weighted by Gasteiger charge is -2.08. The van der Waals surface area contributed by atoms with Crippen molar-refractivity contribution in [2.24, 2.45) is 0 Å². The first-order valence-electron chi connectivity index (χ1n) is 3.92. The number of thioether (sulfide) groups is 1. The van der Waals surface area contributed by atoms with Gasteiger partial charge in [0.1, 0.15) is 5.37 Å². The van der Waals surface area contributed by atoms with E-state index in [1.807, 2.05) is 24.3 Å². The number of amides is 1. The maximum absolute atomic E-state index is 11.0. The van der Waals surface area contributed by atoms with Crippen LogP contribution in [0.15, 0.2) is 28.7 Å². The third kappa shape index (κ3) is 2.06. The van der Waals surface area contributed by atoms with Gasteiger partial charge >= 0.3 is 0 Å². The smallest absolute Gasteiger partial charge is 0.231 e. The monoisotopic (exact) mass is 257 g/mol. The van der Waals surface area contributed by atoms with Crippen LogP contribution in [-0.2, 0) is 4.79 Å². The molecule has 0 bridgehead atoms. The van der Waals surface area contributed by atoms with E-state index in [-0.39, 0.29) is 11.3 Å². The molecule has 1 aromatic rings. The van der Waals surface area contributed by atoms with Crippen molar-refractivity contribution in [2.75, 3.05) is 5.75 Å². The summed E-state index contributed by atoms with van der Waals surface area (Å²) in [5.74, 6) is 0.687. The number of rotatable bonds is 1. The fraction of sp³-hybridized carbons (Fsp3) is 0.222. The Balaban J connectivity index is 2.21. The van der Waals surface area contributed by atoms with Gasteiger partial charge in [-0.2, -0.15) is 0 Å². The number of carbonyl (C=O) groups is 1. The number of hydrogen-bond acceptors (Lipinski definition) is 2. The highest BCUT2D eigenvalue weighted by Gasteiger charge is 2.22. The van der Waals surface area contributed by atoms with Crippen LogP contribution in [0.5, 0.6) is 0 Å². The van der Waals surface area contributed by atoms with E-state index in [2.05, 4.69) is 21.2 Å². The summed E-state index contributed by atoms with van der Waals surface area (Å²) in [5, 5.41) is 3.03. The third-order valence-corrected chi connectivity index (χ3v) is 3.47. The molecule has 0 saturated carbocycles. The molecule has 1 amide bonds. The van der Waals surface area contributed by atoms with Crippen LogP contribution in [0.25, 0.3) is 0 Å². The molecule has 0 unspecified atom stereocenters. The lowest BCUT2D eigenvalue weighted by molar-refractivity contribution is -0.118. The second-order valence-corrected chi connectivity index (χ2v) is 4.82. The van der Waals surface area contributed by atoms with Crippen molar-refractivity contribution < 1.29 is 4.79 Å². The molecule has 0 radical (unpaired) electrons. The Kier molecular flexibility index (Phi) is 2.60. The zero-order valence-electron chi connectivity index (χ0n) is 6.79. The molecule has 0 aliphatic carbocycles. The summed E-state index contributed by atoms with van der Waals surface area (Å²) in [6, 6.07) is 8.01. The predicted octanol–water partition coefficient (Wildman–Crippen LogP) is 2.31. The van der Waals surface area contributed by atoms with Gasteiger partial charge in [0.05, 0.1) is 5.75 Å². The van der Waals surface area contributed by atoms with E-state index < -0.39 is 0 Å². The summed E-state index contributed by atoms with van der Waals surface area (Å²) in [6.07, 6.45) is 0. The van der Waals surface area contributed by atoms with Crippen molar-refractivity contribution in [1.82, 2.24) is 5.32 Å². The van der Waals surface area contributed by atoms with Gasteiger partial charge in [-0.3, -0.25) is 4.79 Å². The number of hydrogen-bond donors (Lipinski definition) is 1. The van der Waals surface area contributed by atoms with E-state index in [1.165, 1.54) is 0 Å². The predicted molar refractivity (Wildman–Crippen MR) is 57.5 cm³/mol. The molecule has 1 N–H and O–H groups in total. The molecule has 2 rings (SSSR count). The SMILES string of the molecule is O=C1CS[C@H](c2cccc(Br)c2)N1. The van der Waals surface area contributed by atoms with E-state index in [0.29, 0.717) is 5.75 Å². The minimum Gasteiger partial charge on any atom is -0.339 e. The molecule has 0 spiro atoms. The van der Waals surface area contributed by atoms with Crippen LogP contribution in [0.3, 0.4) is 0 Å². The molecule has 13 heavy (non-hydrogen) atoms. The molecular weight excluding hydrogens is 250 g/mol. The molecule has 1 fully saturated rings. The minimum absolute atomic E-state index is 0.120. The summed E-state index contributed by atoms with van der Waals surface area (Å²) < 4.78 is 1.05. The van der Waals surface area contributed by atoms with Gasteiger partial charge in [0.15, 0.2) is 0 Å². The molecule has 1 saturated heterocycles. The number of carbonyl (C=O) groups excluding carboxylic acids is 1. The van der Waals surface area contributed by atoms with Crippen molar-refractivity contribution in [2.45, 2.75) is 5.37 Å². The zero-order valence-corrected chi connectivity index (χ0v) is 9.19. The van der Waals surface area contributed by atoms with Crippen LogP contribution < -0.4 is 5.32 Å². The first kappa shape index (κ1) is 9.09. The summed E-state index contributed by atoms with van der Waals surface area (Å²) in [6.45, 7) is 0. The van der Waals surface area contributed by atoms with Gasteiger partial charge in [0, 0.05) is 4.47 Å². The van der Waals surface area contributed by atoms with E-state index in [4.69, 9.17) is 0 Å². The highest BCUT2D eigenvalue weighted by molar-refractivity contribution is 9.10. The lowest BCUT2D eigenvalue weighted by Crippen LogP contribution is -2.18. The Hall–Kier alpha value is -0.480. The normalized spacial score (nSPS) is 21.6. The Labute approximate surface area is 89.2 Å². The Morgan fingerprint density at radius 3 is 3.00 bits per heavy atom. The average Bonchev–Trinajstić information content (AvgIpc) is 2.52. The van der Waals surface area contributed by atoms with Gasteiger partial charge in [-0.15, -0.1) is 11.8 Å². The van der Waals surface area contributed by atoms with Crippen LogP contribution in [0.2, 0.25) is 0 Å². The molecule has 1 aliphatic rings. The van der Waals surface area contributed by atoms with Crippen LogP contribution >= 0.6 is 27.7 Å². The van der Waals surface area contributed by atoms with Crippen molar-refractivity contribution in [3.63, 3.8) is 0 Å². The Morgan fingerprint density at radius 1 is 1.54 bits per heavy atom. The molecular formula is C9H8BrNOS. The molecule has 1 aliphatic heterocycles. The van der Waals surface area contributed by atoms with Crippen molar-refractivity contribution in [3.8, 4) is 0 Å². The van der Waals surface area contributed by atoms with E-state index in [1.54, 1.807) is 11.8 Å². The van der Waals surface area contributed by atoms with Crippen molar-refractivity contribution in [3.05, 3.63) is 34.3 Å². The second-order valence-electron chi connectivity index (χ2n) is 2.81. The lowest BCUT2D eigenvalue weighted by atomic mass is 10.2. The fourth-order valence-corrected chi connectivity index (χ4v) is 2.61. The van der Waals surface area contributed by atoms with Gasteiger partial charge in [-0.25, -0.2) is 0 Å². The van der Waals surface area contributed by atoms with Gasteiger partial charge < -0.3 is 5.32 Å². The van der Waals surface area contributed by atoms with Crippen LogP contribution in [0.1, 0.15) is 10.9 Å². The first-order valence-corrected chi connectivity index (χ1v) is 5.76. The summed E-state index contributed by atoms with van der Waals surface area (Å²) >= 11 is 5.03. The highest BCUT2D eigenvalue weighted by Crippen LogP contribution is 2.31. The summed E-state index contributed by atoms with van der Waals surface area (Å²) in [5.41, 5.74) is 1.14. The van der Waals surface area contributed by atoms with Crippen LogP contribution in [0, 0.1) is 0 Å². The van der Waals surface area contributed by atoms with Crippen molar-refractivity contribution >= 4 is 33.6 Å². The summed E-state index contributed by atoms with van der Waals surface area (Å²) in [7, 11) is 0. The van der Waals surface area contributed by atoms with Crippen LogP contribution in [0.4, 0.5) is 0 Å². The van der Waals surface area contributed by atoms with Gasteiger partial charge in [-0.05, 0) is 17.7 Å². The number of benzene rings is 1. The largest absolute Gasteiger partial charge is 0.339 e. The summed E-state index contributed by atoms with van der Waals surface area (Å²) in [4.78, 5) is 11.0. The molecule has 68 valence electrons. The van der Waals surface area contributed by atoms with Gasteiger partial charge in [0.25, 0.3) is 0 Å². The standard InChI is InChI=1S/C9H8BrNOS/c10-7-3-1-2-6(4-7)9-11-8(12)5-13-9/h1-4,9H,5H2,(H,11,12)/t9-/m1/s1. The average molecular weight is 258 g/mol. The molecule has 1 aromatic carbocycles. The zero-order chi connectivity index (χ0) is 9.26. The Bertz CT molecular complexity index is 342. The minimum atomic E-state index is 0.120. The van der Waals surface area contributed by atoms with Crippen LogP contribution in [-0.4, -0.2) is 11.7 Å².